The molecule has 2 aromatic rings. The van der Waals surface area contributed by atoms with E-state index >= 15 is 0 Å². The molecule has 0 saturated carbocycles. The van der Waals surface area contributed by atoms with Crippen LogP contribution in [-0.2, 0) is 24.2 Å². The number of rotatable bonds is 7. The zero-order valence-electron chi connectivity index (χ0n) is 12.7. The second kappa shape index (κ2) is 8.20. The van der Waals surface area contributed by atoms with Crippen molar-refractivity contribution in [1.82, 2.24) is 5.32 Å². The monoisotopic (exact) mass is 299 g/mol. The number of carbonyl (C=O) groups excluding carboxylic acids is 1. The predicted octanol–water partition coefficient (Wildman–Crippen LogP) is 2.09. The van der Waals surface area contributed by atoms with E-state index in [1.54, 1.807) is 7.11 Å². The van der Waals surface area contributed by atoms with E-state index in [0.717, 1.165) is 28.9 Å². The molecule has 0 radical (unpaired) electrons. The van der Waals surface area contributed by atoms with Crippen LogP contribution in [0.1, 0.15) is 16.7 Å². The Bertz CT molecular complexity index is 608. The molecule has 2 aromatic carbocycles. The van der Waals surface area contributed by atoms with Crippen LogP contribution in [0, 0.1) is 0 Å². The van der Waals surface area contributed by atoms with Crippen molar-refractivity contribution in [2.45, 2.75) is 19.4 Å². The minimum absolute atomic E-state index is 0.000214. The molecular weight excluding hydrogens is 278 g/mol. The summed E-state index contributed by atoms with van der Waals surface area (Å²) in [6.45, 7) is 0.652. The molecule has 0 aliphatic heterocycles. The van der Waals surface area contributed by atoms with Crippen LogP contribution in [0.15, 0.2) is 48.5 Å². The fourth-order valence-corrected chi connectivity index (χ4v) is 2.19. The maximum absolute atomic E-state index is 11.9. The van der Waals surface area contributed by atoms with Crippen LogP contribution in [0.3, 0.4) is 0 Å². The van der Waals surface area contributed by atoms with Gasteiger partial charge in [-0.15, -0.1) is 0 Å². The van der Waals surface area contributed by atoms with Crippen molar-refractivity contribution in [1.29, 1.82) is 0 Å². The topological polar surface area (TPSA) is 58.6 Å². The Labute approximate surface area is 130 Å². The van der Waals surface area contributed by atoms with Gasteiger partial charge in [0.25, 0.3) is 0 Å². The van der Waals surface area contributed by atoms with Gasteiger partial charge in [-0.2, -0.15) is 0 Å². The summed E-state index contributed by atoms with van der Waals surface area (Å²) in [5, 5.41) is 11.9. The van der Waals surface area contributed by atoms with Crippen molar-refractivity contribution < 1.29 is 14.6 Å². The summed E-state index contributed by atoms with van der Waals surface area (Å²) in [6.07, 6.45) is 1.12. The first-order valence-corrected chi connectivity index (χ1v) is 7.29. The average Bonchev–Trinajstić information content (AvgIpc) is 2.55. The van der Waals surface area contributed by atoms with E-state index < -0.39 is 0 Å². The summed E-state index contributed by atoms with van der Waals surface area (Å²) in [6, 6.07) is 15.3. The van der Waals surface area contributed by atoms with E-state index in [-0.39, 0.29) is 12.5 Å². The molecule has 0 atom stereocenters. The molecule has 0 aliphatic carbocycles. The summed E-state index contributed by atoms with van der Waals surface area (Å²) in [4.78, 5) is 11.9. The van der Waals surface area contributed by atoms with Gasteiger partial charge in [0.05, 0.1) is 20.1 Å². The van der Waals surface area contributed by atoms with Gasteiger partial charge in [-0.1, -0.05) is 36.4 Å². The maximum Gasteiger partial charge on any atom is 0.224 e. The summed E-state index contributed by atoms with van der Waals surface area (Å²) in [7, 11) is 1.61. The van der Waals surface area contributed by atoms with Crippen LogP contribution in [0.5, 0.6) is 5.75 Å². The van der Waals surface area contributed by atoms with Gasteiger partial charge < -0.3 is 15.2 Å². The van der Waals surface area contributed by atoms with E-state index in [0.29, 0.717) is 13.0 Å². The molecule has 0 unspecified atom stereocenters. The first-order valence-electron chi connectivity index (χ1n) is 7.29. The first-order chi connectivity index (χ1) is 10.7. The van der Waals surface area contributed by atoms with E-state index in [9.17, 15) is 4.79 Å². The average molecular weight is 299 g/mol. The lowest BCUT2D eigenvalue weighted by Crippen LogP contribution is -2.27. The third kappa shape index (κ3) is 4.90. The van der Waals surface area contributed by atoms with Crippen LogP contribution in [-0.4, -0.2) is 24.7 Å². The lowest BCUT2D eigenvalue weighted by Gasteiger charge is -2.07. The summed E-state index contributed by atoms with van der Waals surface area (Å²) < 4.78 is 5.14. The fraction of sp³-hybridized carbons (Fsp3) is 0.278. The predicted molar refractivity (Wildman–Crippen MR) is 85.8 cm³/mol. The van der Waals surface area contributed by atoms with Gasteiger partial charge >= 0.3 is 0 Å². The number of nitrogens with one attached hydrogen (secondary N) is 1. The van der Waals surface area contributed by atoms with Crippen molar-refractivity contribution >= 4 is 5.91 Å². The molecule has 0 heterocycles. The highest BCUT2D eigenvalue weighted by molar-refractivity contribution is 5.78. The Morgan fingerprint density at radius 1 is 1.09 bits per heavy atom. The fourth-order valence-electron chi connectivity index (χ4n) is 2.19. The number of amides is 1. The largest absolute Gasteiger partial charge is 0.497 e. The van der Waals surface area contributed by atoms with Crippen molar-refractivity contribution in [3.8, 4) is 5.75 Å². The van der Waals surface area contributed by atoms with E-state index in [1.165, 1.54) is 0 Å². The quantitative estimate of drug-likeness (QED) is 0.823. The molecule has 0 aliphatic rings. The van der Waals surface area contributed by atoms with Crippen molar-refractivity contribution in [3.05, 3.63) is 65.2 Å². The molecule has 0 aromatic heterocycles. The highest BCUT2D eigenvalue weighted by Crippen LogP contribution is 2.12. The second-order valence-electron chi connectivity index (χ2n) is 5.10. The van der Waals surface area contributed by atoms with Gasteiger partial charge in [0.15, 0.2) is 0 Å². The van der Waals surface area contributed by atoms with Gasteiger partial charge in [-0.25, -0.2) is 0 Å². The molecule has 22 heavy (non-hydrogen) atoms. The number of carbonyl (C=O) groups is 1. The standard InChI is InChI=1S/C18H21NO3/c1-22-17-4-2-3-16(11-17)12-18(21)19-10-9-14-5-7-15(13-20)8-6-14/h2-8,11,20H,9-10,12-13H2,1H3,(H,19,21). The Balaban J connectivity index is 1.77. The van der Waals surface area contributed by atoms with Crippen LogP contribution >= 0.6 is 0 Å². The molecule has 0 bridgehead atoms. The third-order valence-corrected chi connectivity index (χ3v) is 3.44. The van der Waals surface area contributed by atoms with E-state index in [2.05, 4.69) is 5.32 Å². The van der Waals surface area contributed by atoms with Gasteiger partial charge in [-0.05, 0) is 35.2 Å². The molecule has 1 amide bonds. The number of aliphatic hydroxyl groups excluding tert-OH is 1. The van der Waals surface area contributed by atoms with Gasteiger partial charge in [0.1, 0.15) is 5.75 Å². The van der Waals surface area contributed by atoms with Crippen molar-refractivity contribution in [2.75, 3.05) is 13.7 Å². The molecule has 4 heteroatoms. The number of hydrogen-bond acceptors (Lipinski definition) is 3. The van der Waals surface area contributed by atoms with Crippen molar-refractivity contribution in [3.63, 3.8) is 0 Å². The van der Waals surface area contributed by atoms with Gasteiger partial charge in [-0.3, -0.25) is 4.79 Å². The Morgan fingerprint density at radius 2 is 1.82 bits per heavy atom. The molecule has 116 valence electrons. The molecule has 2 rings (SSSR count). The lowest BCUT2D eigenvalue weighted by molar-refractivity contribution is -0.120. The maximum atomic E-state index is 11.9. The molecule has 4 nitrogen and oxygen atoms in total. The minimum Gasteiger partial charge on any atom is -0.497 e. The second-order valence-corrected chi connectivity index (χ2v) is 5.10. The third-order valence-electron chi connectivity index (χ3n) is 3.44. The van der Waals surface area contributed by atoms with Crippen LogP contribution in [0.2, 0.25) is 0 Å². The van der Waals surface area contributed by atoms with Crippen LogP contribution < -0.4 is 10.1 Å². The smallest absolute Gasteiger partial charge is 0.224 e. The molecule has 0 fully saturated rings. The zero-order valence-corrected chi connectivity index (χ0v) is 12.7. The van der Waals surface area contributed by atoms with E-state index in [1.807, 2.05) is 48.5 Å². The summed E-state index contributed by atoms with van der Waals surface area (Å²) in [5.41, 5.74) is 2.97. The van der Waals surface area contributed by atoms with E-state index in [4.69, 9.17) is 9.84 Å². The normalized spacial score (nSPS) is 10.3. The number of benzene rings is 2. The lowest BCUT2D eigenvalue weighted by atomic mass is 10.1. The number of hydrogen-bond donors (Lipinski definition) is 2. The van der Waals surface area contributed by atoms with Gasteiger partial charge in [0.2, 0.25) is 5.91 Å². The Morgan fingerprint density at radius 3 is 2.50 bits per heavy atom. The van der Waals surface area contributed by atoms with Crippen LogP contribution in [0.4, 0.5) is 0 Å². The van der Waals surface area contributed by atoms with Gasteiger partial charge in [0, 0.05) is 6.54 Å². The Hall–Kier alpha value is -2.33. The highest BCUT2D eigenvalue weighted by Gasteiger charge is 2.04. The molecule has 0 spiro atoms. The highest BCUT2D eigenvalue weighted by atomic mass is 16.5. The molecule has 2 N–H and O–H groups in total. The summed E-state index contributed by atoms with van der Waals surface area (Å²) in [5.74, 6) is 0.759. The summed E-state index contributed by atoms with van der Waals surface area (Å²) >= 11 is 0. The minimum atomic E-state index is 0.000214. The number of ether oxygens (including phenoxy) is 1. The number of methoxy groups -OCH3 is 1. The Kier molecular flexibility index (Phi) is 5.98. The first kappa shape index (κ1) is 16.0. The number of aliphatic hydroxyl groups is 1. The SMILES string of the molecule is COc1cccc(CC(=O)NCCc2ccc(CO)cc2)c1. The molecular formula is C18H21NO3. The zero-order chi connectivity index (χ0) is 15.8. The van der Waals surface area contributed by atoms with Crippen LogP contribution in [0.25, 0.3) is 0 Å². The van der Waals surface area contributed by atoms with Crippen molar-refractivity contribution in [2.24, 2.45) is 0 Å². The molecule has 0 saturated heterocycles.